The summed E-state index contributed by atoms with van der Waals surface area (Å²) < 4.78 is 4.20. The van der Waals surface area contributed by atoms with E-state index in [0.29, 0.717) is 24.9 Å². The van der Waals surface area contributed by atoms with Crippen LogP contribution in [0, 0.1) is 11.8 Å². The number of hydrogen-bond donors (Lipinski definition) is 2. The Morgan fingerprint density at radius 2 is 1.80 bits per heavy atom. The second-order valence-electron chi connectivity index (χ2n) is 11.3. The van der Waals surface area contributed by atoms with Crippen LogP contribution in [0.2, 0.25) is 0 Å². The van der Waals surface area contributed by atoms with Crippen LogP contribution < -0.4 is 5.32 Å². The first-order valence-electron chi connectivity index (χ1n) is 13.9. The van der Waals surface area contributed by atoms with E-state index in [0.717, 1.165) is 16.3 Å². The van der Waals surface area contributed by atoms with Crippen LogP contribution in [0.25, 0.3) is 10.8 Å². The van der Waals surface area contributed by atoms with E-state index in [1.165, 1.54) is 0 Å². The van der Waals surface area contributed by atoms with Crippen LogP contribution in [-0.2, 0) is 25.5 Å². The number of rotatable bonds is 8. The minimum absolute atomic E-state index is 0.229. The van der Waals surface area contributed by atoms with E-state index < -0.39 is 33.4 Å². The van der Waals surface area contributed by atoms with Crippen molar-refractivity contribution in [3.8, 4) is 0 Å². The number of thioether (sulfide) groups is 1. The lowest BCUT2D eigenvalue weighted by Crippen LogP contribution is -2.55. The molecule has 8 heteroatoms. The summed E-state index contributed by atoms with van der Waals surface area (Å²) in [6, 6.07) is 21.9. The topological polar surface area (TPSA) is 95.9 Å². The van der Waals surface area contributed by atoms with Gasteiger partial charge in [-0.1, -0.05) is 60.7 Å². The monoisotopic (exact) mass is 558 g/mol. The molecule has 3 fully saturated rings. The van der Waals surface area contributed by atoms with E-state index in [-0.39, 0.29) is 31.0 Å². The van der Waals surface area contributed by atoms with Crippen molar-refractivity contribution in [2.24, 2.45) is 11.8 Å². The Hall–Kier alpha value is -3.36. The molecule has 0 aromatic heterocycles. The molecule has 2 unspecified atom stereocenters. The number of anilines is 1. The van der Waals surface area contributed by atoms with Gasteiger partial charge in [-0.05, 0) is 61.6 Å². The zero-order valence-electron chi connectivity index (χ0n) is 22.7. The van der Waals surface area contributed by atoms with Crippen LogP contribution in [0.4, 0.5) is 5.69 Å². The first-order valence-corrected chi connectivity index (χ1v) is 14.8. The van der Waals surface area contributed by atoms with Crippen molar-refractivity contribution in [1.82, 2.24) is 4.90 Å². The van der Waals surface area contributed by atoms with E-state index in [4.69, 9.17) is 4.74 Å². The minimum atomic E-state index is -0.844. The molecule has 0 saturated carbocycles. The lowest BCUT2D eigenvalue weighted by molar-refractivity contribution is -0.155. The summed E-state index contributed by atoms with van der Waals surface area (Å²) in [4.78, 5) is 43.6. The van der Waals surface area contributed by atoms with Crippen molar-refractivity contribution in [1.29, 1.82) is 0 Å². The van der Waals surface area contributed by atoms with Gasteiger partial charge in [0.1, 0.15) is 6.04 Å². The molecule has 3 aromatic rings. The average molecular weight is 559 g/mol. The summed E-state index contributed by atoms with van der Waals surface area (Å²) in [5, 5.41) is 15.8. The molecule has 2 amide bonds. The lowest BCUT2D eigenvalue weighted by atomic mass is 9.66. The third-order valence-electron chi connectivity index (χ3n) is 8.94. The SMILES string of the molecule is CCOC(=O)[C@@H]1[C@H]2C(=O)N([C@@H](CO)Cc3ccccc3)C(C(=O)Nc3ccc4ccccc4c3)C23CC[C@@]1(C)S3. The predicted octanol–water partition coefficient (Wildman–Crippen LogP) is 4.43. The molecule has 1 spiro atoms. The smallest absolute Gasteiger partial charge is 0.311 e. The average Bonchev–Trinajstić information content (AvgIpc) is 3.53. The minimum Gasteiger partial charge on any atom is -0.466 e. The van der Waals surface area contributed by atoms with Crippen LogP contribution >= 0.6 is 11.8 Å². The lowest BCUT2D eigenvalue weighted by Gasteiger charge is -2.37. The number of aliphatic hydroxyl groups excluding tert-OH is 1. The molecule has 208 valence electrons. The summed E-state index contributed by atoms with van der Waals surface area (Å²) in [6.45, 7) is 3.72. The van der Waals surface area contributed by atoms with Crippen molar-refractivity contribution in [3.63, 3.8) is 0 Å². The van der Waals surface area contributed by atoms with E-state index in [9.17, 15) is 19.5 Å². The number of nitrogens with zero attached hydrogens (tertiary/aromatic N) is 1. The summed E-state index contributed by atoms with van der Waals surface area (Å²) in [5.74, 6) is -2.25. The summed E-state index contributed by atoms with van der Waals surface area (Å²) in [5.41, 5.74) is 1.61. The zero-order valence-corrected chi connectivity index (χ0v) is 23.5. The van der Waals surface area contributed by atoms with E-state index >= 15 is 0 Å². The molecule has 6 rings (SSSR count). The maximum atomic E-state index is 14.4. The standard InChI is InChI=1S/C32H34N2O5S/c1-3-39-30(38)26-25-29(37)34(24(19-35)17-20-9-5-4-6-10-20)27(32(25)16-15-31(26,2)40-32)28(36)33-23-14-13-21-11-7-8-12-22(21)18-23/h4-14,18,24-27,35H,3,15-17,19H2,1-2H3,(H,33,36)/t24-,25+,26+,27?,31-,32?/m1/s1. The Kier molecular flexibility index (Phi) is 6.87. The predicted molar refractivity (Wildman–Crippen MR) is 156 cm³/mol. The van der Waals surface area contributed by atoms with E-state index in [1.54, 1.807) is 23.6 Å². The number of esters is 1. The summed E-state index contributed by atoms with van der Waals surface area (Å²) >= 11 is 1.60. The van der Waals surface area contributed by atoms with Gasteiger partial charge in [-0.2, -0.15) is 0 Å². The molecular weight excluding hydrogens is 524 g/mol. The second-order valence-corrected chi connectivity index (χ2v) is 13.2. The van der Waals surface area contributed by atoms with Gasteiger partial charge in [0.2, 0.25) is 11.8 Å². The Balaban J connectivity index is 1.41. The molecule has 6 atom stereocenters. The second kappa shape index (κ2) is 10.2. The Morgan fingerprint density at radius 3 is 2.52 bits per heavy atom. The molecule has 0 aliphatic carbocycles. The van der Waals surface area contributed by atoms with Crippen LogP contribution in [0.3, 0.4) is 0 Å². The molecule has 0 radical (unpaired) electrons. The number of amides is 2. The van der Waals surface area contributed by atoms with Crippen LogP contribution in [0.1, 0.15) is 32.3 Å². The largest absolute Gasteiger partial charge is 0.466 e. The fourth-order valence-electron chi connectivity index (χ4n) is 7.26. The molecule has 2 bridgehead atoms. The molecule has 3 heterocycles. The third kappa shape index (κ3) is 4.20. The number of ether oxygens (including phenoxy) is 1. The fraction of sp³-hybridized carbons (Fsp3) is 0.406. The van der Waals surface area contributed by atoms with Gasteiger partial charge in [0, 0.05) is 10.4 Å². The van der Waals surface area contributed by atoms with Gasteiger partial charge in [0.05, 0.1) is 35.8 Å². The molecule has 3 aliphatic heterocycles. The Labute approximate surface area is 238 Å². The molecule has 40 heavy (non-hydrogen) atoms. The Morgan fingerprint density at radius 1 is 1.07 bits per heavy atom. The van der Waals surface area contributed by atoms with Crippen molar-refractivity contribution in [2.45, 2.75) is 54.7 Å². The van der Waals surface area contributed by atoms with Crippen LogP contribution in [-0.4, -0.2) is 62.6 Å². The highest BCUT2D eigenvalue weighted by Crippen LogP contribution is 2.71. The summed E-state index contributed by atoms with van der Waals surface area (Å²) in [7, 11) is 0. The van der Waals surface area contributed by atoms with Crippen LogP contribution in [0.5, 0.6) is 0 Å². The highest BCUT2D eigenvalue weighted by atomic mass is 32.2. The molecule has 3 aliphatic rings. The fourth-order valence-corrected chi connectivity index (χ4v) is 9.59. The maximum Gasteiger partial charge on any atom is 0.311 e. The number of aliphatic hydroxyl groups is 1. The molecular formula is C32H34N2O5S. The number of likely N-dealkylation sites (tertiary alicyclic amines) is 1. The molecule has 2 N–H and O–H groups in total. The first-order chi connectivity index (χ1) is 19.3. The zero-order chi connectivity index (χ0) is 28.1. The van der Waals surface area contributed by atoms with Gasteiger partial charge in [0.25, 0.3) is 0 Å². The van der Waals surface area contributed by atoms with E-state index in [1.807, 2.05) is 79.7 Å². The molecule has 7 nitrogen and oxygen atoms in total. The first kappa shape index (κ1) is 26.8. The highest BCUT2D eigenvalue weighted by Gasteiger charge is 2.78. The molecule has 3 aromatic carbocycles. The van der Waals surface area contributed by atoms with Crippen LogP contribution in [0.15, 0.2) is 72.8 Å². The quantitative estimate of drug-likeness (QED) is 0.398. The normalized spacial score (nSPS) is 29.4. The van der Waals surface area contributed by atoms with Gasteiger partial charge in [-0.15, -0.1) is 11.8 Å². The number of nitrogens with one attached hydrogen (secondary N) is 1. The third-order valence-corrected chi connectivity index (χ3v) is 10.9. The van der Waals surface area contributed by atoms with Crippen molar-refractivity contribution < 1.29 is 24.2 Å². The maximum absolute atomic E-state index is 14.4. The van der Waals surface area contributed by atoms with Gasteiger partial charge in [-0.3, -0.25) is 14.4 Å². The Bertz CT molecular complexity index is 1460. The van der Waals surface area contributed by atoms with Gasteiger partial charge < -0.3 is 20.1 Å². The number of fused-ring (bicyclic) bond motifs is 2. The van der Waals surface area contributed by atoms with Crippen molar-refractivity contribution in [3.05, 3.63) is 78.4 Å². The van der Waals surface area contributed by atoms with E-state index in [2.05, 4.69) is 5.32 Å². The van der Waals surface area contributed by atoms with Gasteiger partial charge >= 0.3 is 5.97 Å². The van der Waals surface area contributed by atoms with Gasteiger partial charge in [0.15, 0.2) is 0 Å². The number of carbonyl (C=O) groups excluding carboxylic acids is 3. The number of hydrogen-bond acceptors (Lipinski definition) is 6. The molecule has 3 saturated heterocycles. The van der Waals surface area contributed by atoms with Gasteiger partial charge in [-0.25, -0.2) is 0 Å². The number of benzene rings is 3. The van der Waals surface area contributed by atoms with Crippen molar-refractivity contribution in [2.75, 3.05) is 18.5 Å². The highest BCUT2D eigenvalue weighted by molar-refractivity contribution is 8.02. The number of carbonyl (C=O) groups is 3. The van der Waals surface area contributed by atoms with Crippen molar-refractivity contribution >= 4 is 46.0 Å². The summed E-state index contributed by atoms with van der Waals surface area (Å²) in [6.07, 6.45) is 1.74.